The molecule has 2 aromatic heterocycles. The van der Waals surface area contributed by atoms with Crippen LogP contribution in [-0.4, -0.2) is 9.13 Å². The molecule has 0 spiro atoms. The maximum Gasteiger partial charge on any atom is 0.262 e. The van der Waals surface area contributed by atoms with E-state index in [-0.39, 0.29) is 34.2 Å². The molecular weight excluding hydrogens is 1040 g/mol. The molecule has 0 N–H and O–H groups in total. The first kappa shape index (κ1) is 48.5. The molecule has 0 aliphatic rings. The van der Waals surface area contributed by atoms with Gasteiger partial charge in [-0.1, -0.05) is 185 Å². The number of rotatable bonds is 12. The summed E-state index contributed by atoms with van der Waals surface area (Å²) in [4.78, 5) is 63.5. The fourth-order valence-electron chi connectivity index (χ4n) is 16.9. The van der Waals surface area contributed by atoms with Crippen molar-refractivity contribution in [1.29, 1.82) is 0 Å². The molecule has 85 heavy (non-hydrogen) atoms. The van der Waals surface area contributed by atoms with E-state index in [1.165, 1.54) is 5.39 Å². The zero-order valence-electron chi connectivity index (χ0n) is 47.5. The molecule has 18 aromatic rings. The highest BCUT2D eigenvalue weighted by Crippen LogP contribution is 2.58. The van der Waals surface area contributed by atoms with Crippen LogP contribution >= 0.6 is 0 Å². The van der Waals surface area contributed by atoms with Crippen LogP contribution in [0.25, 0.3) is 174 Å². The van der Waals surface area contributed by atoms with Crippen LogP contribution < -0.4 is 22.2 Å². The molecule has 0 aliphatic carbocycles. The summed E-state index contributed by atoms with van der Waals surface area (Å²) in [6.45, 7) is 8.43. The van der Waals surface area contributed by atoms with E-state index in [9.17, 15) is 0 Å². The predicted molar refractivity (Wildman–Crippen MR) is 357 cm³/mol. The molecule has 6 heteroatoms. The average Bonchev–Trinajstić information content (AvgIpc) is 1.53. The third kappa shape index (κ3) is 5.99. The van der Waals surface area contributed by atoms with Crippen LogP contribution in [0.2, 0.25) is 0 Å². The largest absolute Gasteiger partial charge is 0.271 e. The van der Waals surface area contributed by atoms with E-state index in [2.05, 4.69) is 191 Å². The van der Waals surface area contributed by atoms with Crippen LogP contribution in [0, 0.1) is 0 Å². The van der Waals surface area contributed by atoms with E-state index in [4.69, 9.17) is 0 Å². The van der Waals surface area contributed by atoms with E-state index >= 15 is 19.2 Å². The quantitative estimate of drug-likeness (QED) is 0.114. The lowest BCUT2D eigenvalue weighted by Crippen LogP contribution is -2.33. The van der Waals surface area contributed by atoms with Crippen molar-refractivity contribution in [3.05, 3.63) is 235 Å². The van der Waals surface area contributed by atoms with Crippen molar-refractivity contribution in [1.82, 2.24) is 9.13 Å². The average molecular weight is 1100 g/mol. The highest BCUT2D eigenvalue weighted by atomic mass is 16.2. The van der Waals surface area contributed by atoms with Crippen molar-refractivity contribution in [2.75, 3.05) is 0 Å². The number of hydrogen-bond acceptors (Lipinski definition) is 4. The third-order valence-corrected chi connectivity index (χ3v) is 20.4. The van der Waals surface area contributed by atoms with Crippen molar-refractivity contribution in [2.24, 2.45) is 0 Å². The van der Waals surface area contributed by atoms with Gasteiger partial charge in [-0.2, -0.15) is 0 Å². The Morgan fingerprint density at radius 2 is 0.600 bits per heavy atom. The van der Waals surface area contributed by atoms with Crippen molar-refractivity contribution >= 4 is 129 Å². The first-order valence-electron chi connectivity index (χ1n) is 30.3. The molecule has 0 radical (unpaired) electrons. The molecule has 0 saturated carbocycles. The first-order valence-corrected chi connectivity index (χ1v) is 30.3. The summed E-state index contributed by atoms with van der Waals surface area (Å²) in [5, 5.41) is 22.5. The van der Waals surface area contributed by atoms with E-state index in [1.807, 2.05) is 24.3 Å². The minimum atomic E-state index is -0.537. The maximum atomic E-state index is 16.4. The zero-order chi connectivity index (χ0) is 57.0. The summed E-state index contributed by atoms with van der Waals surface area (Å²) in [6.07, 6.45) is 2.48. The van der Waals surface area contributed by atoms with Gasteiger partial charge in [-0.3, -0.25) is 28.3 Å². The molecule has 0 aliphatic heterocycles. The number of benzene rings is 14. The summed E-state index contributed by atoms with van der Waals surface area (Å²) in [5.41, 5.74) is 8.26. The molecule has 2 heterocycles. The smallest absolute Gasteiger partial charge is 0.262 e. The fraction of sp³-hybridized carbons (Fsp3) is 0.139. The molecule has 6 nitrogen and oxygen atoms in total. The summed E-state index contributed by atoms with van der Waals surface area (Å²) in [6, 6.07) is 65.6. The Kier molecular flexibility index (Phi) is 9.85. The molecule has 0 saturated heterocycles. The van der Waals surface area contributed by atoms with Gasteiger partial charge >= 0.3 is 0 Å². The van der Waals surface area contributed by atoms with E-state index in [0.717, 1.165) is 152 Å². The topological polar surface area (TPSA) is 78.1 Å². The standard InChI is InChI=1S/C79H54N2O4/c1-5-45(6-2)80-76(82)72-59-37-53(42-25-17-11-18-26-42)49-33-34-50-55(39-56-54(43-27-19-12-20-28-43)38-60(73(72)77(80)83)71-67(56)66(50)65(49)70(59)71)46(7-3)61(8-4)81-78(84)74-57-35-51(40-21-13-9-14-22-40)47-31-29-44-30-32-48-52(41-23-15-10-16-24-41)36-58(75(74)79(81)85)69-64(48)62(44)63(47)68(57)69/h9-39,45-46,61H,5-8H2,1-4H3. The van der Waals surface area contributed by atoms with Gasteiger partial charge in [0, 0.05) is 18.0 Å². The number of hydrogen-bond donors (Lipinski definition) is 0. The lowest BCUT2D eigenvalue weighted by molar-refractivity contribution is 0.380. The summed E-state index contributed by atoms with van der Waals surface area (Å²) >= 11 is 0. The Labute approximate surface area is 486 Å². The van der Waals surface area contributed by atoms with Gasteiger partial charge in [0.1, 0.15) is 0 Å². The van der Waals surface area contributed by atoms with Gasteiger partial charge < -0.3 is 0 Å². The van der Waals surface area contributed by atoms with Gasteiger partial charge in [0.25, 0.3) is 22.2 Å². The molecule has 0 amide bonds. The van der Waals surface area contributed by atoms with Crippen LogP contribution in [0.3, 0.4) is 0 Å². The zero-order valence-corrected chi connectivity index (χ0v) is 47.5. The molecule has 18 rings (SSSR count). The minimum Gasteiger partial charge on any atom is -0.271 e. The van der Waals surface area contributed by atoms with E-state index in [0.29, 0.717) is 47.2 Å². The number of aromatic nitrogens is 2. The van der Waals surface area contributed by atoms with Crippen LogP contribution in [0.15, 0.2) is 207 Å². The highest BCUT2D eigenvalue weighted by molar-refractivity contribution is 6.52. The Morgan fingerprint density at radius 3 is 0.976 bits per heavy atom. The van der Waals surface area contributed by atoms with E-state index in [1.54, 1.807) is 9.13 Å². The Hall–Kier alpha value is -10.0. The van der Waals surface area contributed by atoms with E-state index < -0.39 is 6.04 Å². The van der Waals surface area contributed by atoms with Crippen LogP contribution in [-0.2, 0) is 0 Å². The number of nitrogens with zero attached hydrogens (tertiary/aromatic N) is 2. The second-order valence-corrected chi connectivity index (χ2v) is 24.1. The van der Waals surface area contributed by atoms with Gasteiger partial charge in [-0.05, 0) is 214 Å². The van der Waals surface area contributed by atoms with Gasteiger partial charge in [0.15, 0.2) is 0 Å². The molecule has 2 atom stereocenters. The second kappa shape index (κ2) is 17.3. The molecule has 0 bridgehead atoms. The summed E-state index contributed by atoms with van der Waals surface area (Å²) in [5.74, 6) is -0.301. The summed E-state index contributed by atoms with van der Waals surface area (Å²) < 4.78 is 3.21. The van der Waals surface area contributed by atoms with Crippen molar-refractivity contribution in [3.8, 4) is 44.5 Å². The van der Waals surface area contributed by atoms with Crippen molar-refractivity contribution in [2.45, 2.75) is 71.4 Å². The minimum absolute atomic E-state index is 0.230. The SMILES string of the molecule is CCC(c1cc2c(-c3ccccc3)cc3c4c(=O)n(C(CC)CC)c(=O)c4c4cc(-c5ccccc5)c5ccc1c1c5c4c3c21)C(CC)n1c(=O)c2c3cc(-c4ccccc4)c4ccc5ccc6c(-c7ccccc7)cc(c2c1=O)c1c6c5c4c31. The fourth-order valence-corrected chi connectivity index (χ4v) is 16.9. The van der Waals surface area contributed by atoms with Crippen molar-refractivity contribution in [3.63, 3.8) is 0 Å². The Balaban J connectivity index is 0.971. The molecule has 16 aromatic carbocycles. The monoisotopic (exact) mass is 1090 g/mol. The normalized spacial score (nSPS) is 13.6. The van der Waals surface area contributed by atoms with Crippen LogP contribution in [0.1, 0.15) is 76.9 Å². The van der Waals surface area contributed by atoms with Gasteiger partial charge in [-0.25, -0.2) is 0 Å². The van der Waals surface area contributed by atoms with Crippen LogP contribution in [0.4, 0.5) is 0 Å². The van der Waals surface area contributed by atoms with Crippen LogP contribution in [0.5, 0.6) is 0 Å². The van der Waals surface area contributed by atoms with Gasteiger partial charge in [0.2, 0.25) is 0 Å². The number of fused-ring (bicyclic) bond motifs is 6. The highest BCUT2D eigenvalue weighted by Gasteiger charge is 2.36. The van der Waals surface area contributed by atoms with Crippen molar-refractivity contribution < 1.29 is 0 Å². The molecule has 2 unspecified atom stereocenters. The van der Waals surface area contributed by atoms with Gasteiger partial charge in [0.05, 0.1) is 21.5 Å². The molecule has 404 valence electrons. The Bertz CT molecular complexity index is 5730. The van der Waals surface area contributed by atoms with Gasteiger partial charge in [-0.15, -0.1) is 0 Å². The Morgan fingerprint density at radius 1 is 0.282 bits per heavy atom. The first-order chi connectivity index (χ1) is 41.7. The third-order valence-electron chi connectivity index (χ3n) is 20.4. The lowest BCUT2D eigenvalue weighted by atomic mass is 9.81. The lowest BCUT2D eigenvalue weighted by Gasteiger charge is -2.28. The molecule has 0 fully saturated rings. The maximum absolute atomic E-state index is 16.4. The summed E-state index contributed by atoms with van der Waals surface area (Å²) in [7, 11) is 0. The second-order valence-electron chi connectivity index (χ2n) is 24.1. The molecular formula is C79H54N2O4. The predicted octanol–water partition coefficient (Wildman–Crippen LogP) is 19.2.